The molecular weight excluding hydrogens is 1020 g/mol. The van der Waals surface area contributed by atoms with Crippen LogP contribution < -0.4 is 71.2 Å². The number of aliphatic carboxylic acids is 2. The summed E-state index contributed by atoms with van der Waals surface area (Å²) in [7, 11) is 0. The second-order valence-corrected chi connectivity index (χ2v) is 18.2. The second-order valence-electron chi connectivity index (χ2n) is 16.9. The molecule has 0 aromatic heterocycles. The molecule has 416 valence electrons. The highest BCUT2D eigenvalue weighted by Crippen LogP contribution is 2.19. The summed E-state index contributed by atoms with van der Waals surface area (Å²) in [5.74, 6) is -14.0. The third-order valence-electron chi connectivity index (χ3n) is 10.8. The number of primary amides is 2. The zero-order chi connectivity index (χ0) is 56.4. The van der Waals surface area contributed by atoms with Crippen LogP contribution in [0.3, 0.4) is 0 Å². The first-order valence-corrected chi connectivity index (χ1v) is 25.0. The number of carbonyl (C=O) groups excluding carboxylic acids is 11. The number of rotatable bonds is 34. The fourth-order valence-corrected chi connectivity index (χ4v) is 7.62. The maximum Gasteiger partial charge on any atom is 0.328 e. The summed E-state index contributed by atoms with van der Waals surface area (Å²) in [6.45, 7) is 1.56. The number of carbonyl (C=O) groups is 13. The van der Waals surface area contributed by atoms with Gasteiger partial charge in [-0.1, -0.05) is 0 Å². The molecule has 0 radical (unpaired) electrons. The van der Waals surface area contributed by atoms with Crippen LogP contribution in [0.4, 0.5) is 0 Å². The van der Waals surface area contributed by atoms with Gasteiger partial charge in [0.05, 0.1) is 31.5 Å². The van der Waals surface area contributed by atoms with E-state index in [-0.39, 0.29) is 69.1 Å². The van der Waals surface area contributed by atoms with E-state index in [1.54, 1.807) is 6.26 Å². The van der Waals surface area contributed by atoms with Gasteiger partial charge in [-0.15, -0.1) is 0 Å². The number of nitrogens with zero attached hydrogens (tertiary/aromatic N) is 2. The number of amides is 11. The van der Waals surface area contributed by atoms with Crippen LogP contribution in [0.2, 0.25) is 0 Å². The molecule has 0 aliphatic carbocycles. The number of hydrogen-bond donors (Lipinski definition) is 17. The van der Waals surface area contributed by atoms with Crippen molar-refractivity contribution in [1.82, 2.24) is 47.4 Å². The lowest BCUT2D eigenvalue weighted by Gasteiger charge is -2.28. The molecule has 0 bridgehead atoms. The number of hydrogen-bond acceptors (Lipinski definition) is 18. The molecule has 31 nitrogen and oxygen atoms in total. The molecule has 74 heavy (non-hydrogen) atoms. The highest BCUT2D eigenvalue weighted by atomic mass is 32.2. The van der Waals surface area contributed by atoms with Crippen molar-refractivity contribution in [3.63, 3.8) is 0 Å². The van der Waals surface area contributed by atoms with Gasteiger partial charge in [0.1, 0.15) is 42.3 Å². The molecule has 11 amide bonds. The number of aliphatic hydroxyl groups is 1. The van der Waals surface area contributed by atoms with E-state index < -0.39 is 157 Å². The number of nitrogens with two attached hydrogens (primary N) is 5. The van der Waals surface area contributed by atoms with Crippen molar-refractivity contribution < 1.29 is 77.6 Å². The number of carboxylic acid groups (broad SMARTS) is 2. The van der Waals surface area contributed by atoms with Crippen LogP contribution in [0.5, 0.6) is 0 Å². The molecule has 0 spiro atoms. The molecule has 0 aromatic rings. The van der Waals surface area contributed by atoms with Crippen molar-refractivity contribution in [3.05, 3.63) is 0 Å². The Hall–Kier alpha value is -7.00. The van der Waals surface area contributed by atoms with E-state index in [1.165, 1.54) is 18.7 Å². The zero-order valence-corrected chi connectivity index (χ0v) is 42.7. The topological polar surface area (TPSA) is 525 Å². The second kappa shape index (κ2) is 32.9. The summed E-state index contributed by atoms with van der Waals surface area (Å²) >= 11 is 5.32. The average Bonchev–Trinajstić information content (AvgIpc) is 3.81. The van der Waals surface area contributed by atoms with Crippen molar-refractivity contribution in [2.24, 2.45) is 33.7 Å². The molecule has 10 atom stereocenters. The standard InChI is InChI=1S/C41H69N15O16S2/c1-18(49-37(68)25(17-73)54-32(63)20(42)8-9-27(43)58)39(70)56-12-5-7-26(56)38(69)48-16-29(60)50-24(15-30(61)62)35(66)51-21(6-4-11-47-41(45)46)33(64)52-22(10-13-74-3)34(65)53-23(14-28(44)59)36(67)55-31(19(2)57)40(71)72/h18-26,31,57,73H,4-17,42H2,1-3H3,(H2,43,58)(H2,44,59)(H,48,69)(H,49,68)(H,50,60)(H,51,66)(H,52,64)(H,53,65)(H,54,63)(H,55,67)(H,61,62)(H,71,72)(H4,45,46,47)/t18-,19+,20-,21-,22-,23-,24-,25-,26-,31-/m0/s1. The molecule has 1 rings (SSSR count). The molecule has 1 saturated heterocycles. The van der Waals surface area contributed by atoms with Crippen molar-refractivity contribution >= 4 is 107 Å². The van der Waals surface area contributed by atoms with Gasteiger partial charge in [0, 0.05) is 25.3 Å². The van der Waals surface area contributed by atoms with Gasteiger partial charge >= 0.3 is 11.9 Å². The minimum absolute atomic E-state index is 0.00498. The van der Waals surface area contributed by atoms with E-state index in [9.17, 15) is 77.6 Å². The van der Waals surface area contributed by atoms with Crippen LogP contribution in [-0.2, 0) is 62.3 Å². The quantitative estimate of drug-likeness (QED) is 0.0123. The third kappa shape index (κ3) is 23.7. The molecule has 1 heterocycles. The van der Waals surface area contributed by atoms with Crippen LogP contribution in [0.25, 0.3) is 0 Å². The van der Waals surface area contributed by atoms with E-state index in [0.29, 0.717) is 6.42 Å². The molecule has 0 saturated carbocycles. The Morgan fingerprint density at radius 1 is 0.703 bits per heavy atom. The highest BCUT2D eigenvalue weighted by Gasteiger charge is 2.38. The maximum absolute atomic E-state index is 13.9. The van der Waals surface area contributed by atoms with E-state index in [2.05, 4.69) is 54.8 Å². The van der Waals surface area contributed by atoms with Crippen LogP contribution in [-0.4, -0.2) is 201 Å². The molecule has 0 unspecified atom stereocenters. The predicted molar refractivity (Wildman–Crippen MR) is 265 cm³/mol. The number of carboxylic acids is 2. The molecule has 1 fully saturated rings. The number of aliphatic imine (C=N–C) groups is 1. The van der Waals surface area contributed by atoms with Crippen LogP contribution in [0, 0.1) is 0 Å². The Morgan fingerprint density at radius 2 is 1.24 bits per heavy atom. The van der Waals surface area contributed by atoms with E-state index in [1.807, 2.05) is 5.32 Å². The van der Waals surface area contributed by atoms with Gasteiger partial charge in [-0.05, 0) is 64.4 Å². The van der Waals surface area contributed by atoms with Crippen LogP contribution >= 0.6 is 24.4 Å². The highest BCUT2D eigenvalue weighted by molar-refractivity contribution is 7.98. The van der Waals surface area contributed by atoms with Crippen molar-refractivity contribution in [2.45, 2.75) is 132 Å². The van der Waals surface area contributed by atoms with Gasteiger partial charge in [-0.2, -0.15) is 24.4 Å². The van der Waals surface area contributed by atoms with Gasteiger partial charge in [0.2, 0.25) is 65.0 Å². The number of thiol groups is 1. The van der Waals surface area contributed by atoms with Crippen LogP contribution in [0.1, 0.15) is 71.6 Å². The minimum Gasteiger partial charge on any atom is -0.481 e. The van der Waals surface area contributed by atoms with Crippen molar-refractivity contribution in [3.8, 4) is 0 Å². The molecule has 0 aromatic carbocycles. The molecular formula is C41H69N15O16S2. The maximum atomic E-state index is 13.9. The van der Waals surface area contributed by atoms with Crippen molar-refractivity contribution in [1.29, 1.82) is 0 Å². The summed E-state index contributed by atoms with van der Waals surface area (Å²) in [5, 5.41) is 47.2. The molecule has 1 aliphatic rings. The van der Waals surface area contributed by atoms with Gasteiger partial charge in [-0.25, -0.2) is 4.79 Å². The third-order valence-corrected chi connectivity index (χ3v) is 11.8. The summed E-state index contributed by atoms with van der Waals surface area (Å²) in [6, 6.07) is -13.4. The predicted octanol–water partition coefficient (Wildman–Crippen LogP) is -8.35. The van der Waals surface area contributed by atoms with Crippen molar-refractivity contribution in [2.75, 3.05) is 37.4 Å². The summed E-state index contributed by atoms with van der Waals surface area (Å²) < 4.78 is 0. The summed E-state index contributed by atoms with van der Waals surface area (Å²) in [6.07, 6.45) is -1.98. The lowest BCUT2D eigenvalue weighted by molar-refractivity contribution is -0.145. The van der Waals surface area contributed by atoms with E-state index in [4.69, 9.17) is 28.7 Å². The summed E-state index contributed by atoms with van der Waals surface area (Å²) in [5.41, 5.74) is 26.9. The first-order chi connectivity index (χ1) is 34.6. The Bertz CT molecular complexity index is 2080. The first kappa shape index (κ1) is 65.0. The van der Waals surface area contributed by atoms with Gasteiger partial charge < -0.3 is 91.4 Å². The Balaban J connectivity index is 3.20. The normalized spacial score (nSPS) is 16.6. The molecule has 1 aliphatic heterocycles. The largest absolute Gasteiger partial charge is 0.481 e. The smallest absolute Gasteiger partial charge is 0.328 e. The summed E-state index contributed by atoms with van der Waals surface area (Å²) in [4.78, 5) is 171. The van der Waals surface area contributed by atoms with Gasteiger partial charge in [0.25, 0.3) is 0 Å². The number of nitrogens with one attached hydrogen (secondary N) is 8. The number of thioether (sulfide) groups is 1. The minimum atomic E-state index is -1.88. The average molecular weight is 1090 g/mol. The Kier molecular flexibility index (Phi) is 28.9. The fraction of sp³-hybridized carbons (Fsp3) is 0.659. The lowest BCUT2D eigenvalue weighted by Crippen LogP contribution is -2.60. The number of likely N-dealkylation sites (tertiary alicyclic amines) is 1. The van der Waals surface area contributed by atoms with E-state index >= 15 is 0 Å². The Labute approximate surface area is 434 Å². The monoisotopic (exact) mass is 1090 g/mol. The SMILES string of the molecule is CSCC[C@H](NC(=O)[C@H](CCCN=C(N)N)NC(=O)[C@H](CC(=O)O)NC(=O)CNC(=O)[C@@H]1CCCN1C(=O)[C@H](C)NC(=O)[C@H](CS)NC(=O)[C@@H](N)CCC(N)=O)C(=O)N[C@@H](CC(N)=O)C(=O)N[C@H](C(=O)O)[C@@H](C)O. The van der Waals surface area contributed by atoms with Gasteiger partial charge in [-0.3, -0.25) is 62.5 Å². The first-order valence-electron chi connectivity index (χ1n) is 22.9. The zero-order valence-electron chi connectivity index (χ0n) is 41.0. The number of aliphatic hydroxyl groups excluding tert-OH is 1. The Morgan fingerprint density at radius 3 is 1.77 bits per heavy atom. The van der Waals surface area contributed by atoms with Crippen LogP contribution in [0.15, 0.2) is 4.99 Å². The molecule has 33 heteroatoms. The van der Waals surface area contributed by atoms with E-state index in [0.717, 1.165) is 11.8 Å². The fourth-order valence-electron chi connectivity index (χ4n) is 6.89. The number of guanidine groups is 1. The lowest BCUT2D eigenvalue weighted by atomic mass is 10.1. The molecule has 21 N–H and O–H groups in total. The van der Waals surface area contributed by atoms with Gasteiger partial charge in [0.15, 0.2) is 12.0 Å².